The molecule has 1 heterocycles. The number of hydrogen-bond acceptors (Lipinski definition) is 4. The van der Waals surface area contributed by atoms with Crippen molar-refractivity contribution in [2.24, 2.45) is 4.99 Å². The first kappa shape index (κ1) is 14.9. The molecule has 3 nitrogen and oxygen atoms in total. The first-order valence-corrected chi connectivity index (χ1v) is 8.26. The van der Waals surface area contributed by atoms with Crippen LogP contribution in [0.2, 0.25) is 0 Å². The van der Waals surface area contributed by atoms with E-state index in [1.807, 2.05) is 18.2 Å². The second-order valence-corrected chi connectivity index (χ2v) is 6.01. The molecule has 0 saturated heterocycles. The molecule has 1 atom stereocenters. The lowest BCUT2D eigenvalue weighted by molar-refractivity contribution is 0.630. The van der Waals surface area contributed by atoms with Crippen molar-refractivity contribution in [2.45, 2.75) is 45.6 Å². The van der Waals surface area contributed by atoms with Gasteiger partial charge < -0.3 is 5.32 Å². The number of benzene rings is 1. The highest BCUT2D eigenvalue weighted by Crippen LogP contribution is 2.25. The highest BCUT2D eigenvalue weighted by molar-refractivity contribution is 8.14. The zero-order valence-electron chi connectivity index (χ0n) is 12.1. The van der Waals surface area contributed by atoms with E-state index in [0.717, 1.165) is 23.0 Å². The van der Waals surface area contributed by atoms with Gasteiger partial charge in [0.1, 0.15) is 0 Å². The summed E-state index contributed by atoms with van der Waals surface area (Å²) >= 11 is 1.80. The molecule has 1 aliphatic rings. The van der Waals surface area contributed by atoms with Gasteiger partial charge in [0, 0.05) is 11.4 Å². The van der Waals surface area contributed by atoms with Gasteiger partial charge in [-0.25, -0.2) is 0 Å². The van der Waals surface area contributed by atoms with E-state index in [2.05, 4.69) is 25.2 Å². The van der Waals surface area contributed by atoms with E-state index in [9.17, 15) is 0 Å². The number of aryl methyl sites for hydroxylation is 1. The van der Waals surface area contributed by atoms with Gasteiger partial charge in [0.05, 0.1) is 17.7 Å². The third kappa shape index (κ3) is 3.77. The summed E-state index contributed by atoms with van der Waals surface area (Å²) in [7, 11) is 0. The van der Waals surface area contributed by atoms with Crippen molar-refractivity contribution in [3.8, 4) is 6.07 Å². The Balaban J connectivity index is 2.05. The molecule has 0 radical (unpaired) electrons. The maximum atomic E-state index is 8.95. The topological polar surface area (TPSA) is 48.2 Å². The Morgan fingerprint density at radius 1 is 1.45 bits per heavy atom. The SMILES string of the molecule is CCCCC1CSC(Nc2ccc(C#N)cc2CC)=N1. The van der Waals surface area contributed by atoms with E-state index in [0.29, 0.717) is 11.6 Å². The lowest BCUT2D eigenvalue weighted by atomic mass is 10.1. The van der Waals surface area contributed by atoms with E-state index < -0.39 is 0 Å². The van der Waals surface area contributed by atoms with Crippen molar-refractivity contribution >= 4 is 22.6 Å². The summed E-state index contributed by atoms with van der Waals surface area (Å²) in [6, 6.07) is 8.45. The van der Waals surface area contributed by atoms with E-state index >= 15 is 0 Å². The zero-order chi connectivity index (χ0) is 14.4. The van der Waals surface area contributed by atoms with Crippen LogP contribution in [0, 0.1) is 11.3 Å². The second-order valence-electron chi connectivity index (χ2n) is 5.00. The van der Waals surface area contributed by atoms with Gasteiger partial charge in [0.15, 0.2) is 5.17 Å². The number of rotatable bonds is 5. The average Bonchev–Trinajstić information content (AvgIpc) is 2.93. The van der Waals surface area contributed by atoms with Gasteiger partial charge in [-0.15, -0.1) is 0 Å². The largest absolute Gasteiger partial charge is 0.335 e. The van der Waals surface area contributed by atoms with E-state index in [4.69, 9.17) is 10.3 Å². The van der Waals surface area contributed by atoms with Crippen LogP contribution in [0.5, 0.6) is 0 Å². The molecule has 1 aromatic carbocycles. The number of nitrogens with one attached hydrogen (secondary N) is 1. The Bertz CT molecular complexity index is 531. The molecule has 0 spiro atoms. The molecule has 106 valence electrons. The molecule has 0 aromatic heterocycles. The lowest BCUT2D eigenvalue weighted by Crippen LogP contribution is -2.07. The Hall–Kier alpha value is -1.47. The Morgan fingerprint density at radius 3 is 3.00 bits per heavy atom. The summed E-state index contributed by atoms with van der Waals surface area (Å²) in [5, 5.41) is 13.4. The average molecular weight is 287 g/mol. The van der Waals surface area contributed by atoms with Gasteiger partial charge in [0.25, 0.3) is 0 Å². The summed E-state index contributed by atoms with van der Waals surface area (Å²) in [4.78, 5) is 4.74. The minimum absolute atomic E-state index is 0.464. The van der Waals surface area contributed by atoms with Gasteiger partial charge in [-0.05, 0) is 36.6 Å². The molecule has 0 fully saturated rings. The van der Waals surface area contributed by atoms with Gasteiger partial charge in [-0.3, -0.25) is 4.99 Å². The summed E-state index contributed by atoms with van der Waals surface area (Å²) in [6.07, 6.45) is 4.58. The van der Waals surface area contributed by atoms with Gasteiger partial charge in [0.2, 0.25) is 0 Å². The molecular formula is C16H21N3S. The Kier molecular flexibility index (Phi) is 5.49. The Morgan fingerprint density at radius 2 is 2.30 bits per heavy atom. The Labute approximate surface area is 125 Å². The van der Waals surface area contributed by atoms with Crippen LogP contribution in [-0.2, 0) is 6.42 Å². The van der Waals surface area contributed by atoms with Crippen LogP contribution in [0.3, 0.4) is 0 Å². The number of aliphatic imine (C=N–C) groups is 1. The zero-order valence-corrected chi connectivity index (χ0v) is 13.0. The number of nitrogens with zero attached hydrogens (tertiary/aromatic N) is 2. The molecule has 2 rings (SSSR count). The lowest BCUT2D eigenvalue weighted by Gasteiger charge is -2.10. The summed E-state index contributed by atoms with van der Waals surface area (Å²) in [5.41, 5.74) is 2.97. The quantitative estimate of drug-likeness (QED) is 0.883. The fourth-order valence-electron chi connectivity index (χ4n) is 2.26. The van der Waals surface area contributed by atoms with Crippen molar-refractivity contribution in [2.75, 3.05) is 11.1 Å². The van der Waals surface area contributed by atoms with Gasteiger partial charge in [-0.2, -0.15) is 5.26 Å². The van der Waals surface area contributed by atoms with Crippen LogP contribution in [0.4, 0.5) is 5.69 Å². The molecule has 1 unspecified atom stereocenters. The molecule has 20 heavy (non-hydrogen) atoms. The van der Waals surface area contributed by atoms with Crippen LogP contribution >= 0.6 is 11.8 Å². The normalized spacial score (nSPS) is 17.6. The minimum Gasteiger partial charge on any atom is -0.335 e. The van der Waals surface area contributed by atoms with E-state index in [1.54, 1.807) is 11.8 Å². The predicted molar refractivity (Wildman–Crippen MR) is 87.4 cm³/mol. The number of thioether (sulfide) groups is 1. The first-order chi connectivity index (χ1) is 9.76. The van der Waals surface area contributed by atoms with Crippen LogP contribution in [0.25, 0.3) is 0 Å². The number of unbranched alkanes of at least 4 members (excludes halogenated alkanes) is 1. The summed E-state index contributed by atoms with van der Waals surface area (Å²) in [5.74, 6) is 1.08. The predicted octanol–water partition coefficient (Wildman–Crippen LogP) is 4.19. The van der Waals surface area contributed by atoms with Crippen LogP contribution in [0.15, 0.2) is 23.2 Å². The number of nitriles is 1. The third-order valence-corrected chi connectivity index (χ3v) is 4.49. The second kappa shape index (κ2) is 7.35. The molecule has 0 bridgehead atoms. The molecular weight excluding hydrogens is 266 g/mol. The highest BCUT2D eigenvalue weighted by atomic mass is 32.2. The van der Waals surface area contributed by atoms with Crippen molar-refractivity contribution in [3.63, 3.8) is 0 Å². The molecule has 0 aliphatic carbocycles. The first-order valence-electron chi connectivity index (χ1n) is 7.27. The van der Waals surface area contributed by atoms with Gasteiger partial charge >= 0.3 is 0 Å². The third-order valence-electron chi connectivity index (χ3n) is 3.46. The molecule has 1 aliphatic heterocycles. The maximum Gasteiger partial charge on any atom is 0.161 e. The number of hydrogen-bond donors (Lipinski definition) is 1. The van der Waals surface area contributed by atoms with Crippen molar-refractivity contribution in [3.05, 3.63) is 29.3 Å². The number of anilines is 1. The molecule has 1 N–H and O–H groups in total. The molecule has 0 saturated carbocycles. The summed E-state index contributed by atoms with van der Waals surface area (Å²) in [6.45, 7) is 4.32. The van der Waals surface area contributed by atoms with Crippen LogP contribution in [0.1, 0.15) is 44.2 Å². The van der Waals surface area contributed by atoms with Crippen LogP contribution in [-0.4, -0.2) is 17.0 Å². The van der Waals surface area contributed by atoms with E-state index in [1.165, 1.54) is 24.8 Å². The van der Waals surface area contributed by atoms with Crippen LogP contribution < -0.4 is 5.32 Å². The molecule has 1 aromatic rings. The standard InChI is InChI=1S/C16H21N3S/c1-3-5-6-14-11-20-16(18-14)19-15-8-7-12(10-17)9-13(15)4-2/h7-9,14H,3-6,11H2,1-2H3,(H,18,19). The molecule has 4 heteroatoms. The van der Waals surface area contributed by atoms with Crippen molar-refractivity contribution in [1.82, 2.24) is 0 Å². The summed E-state index contributed by atoms with van der Waals surface area (Å²) < 4.78 is 0. The molecule has 0 amide bonds. The van der Waals surface area contributed by atoms with Crippen molar-refractivity contribution in [1.29, 1.82) is 5.26 Å². The number of amidine groups is 1. The maximum absolute atomic E-state index is 8.95. The minimum atomic E-state index is 0.464. The highest BCUT2D eigenvalue weighted by Gasteiger charge is 2.18. The van der Waals surface area contributed by atoms with E-state index in [-0.39, 0.29) is 0 Å². The monoisotopic (exact) mass is 287 g/mol. The fraction of sp³-hybridized carbons (Fsp3) is 0.500. The van der Waals surface area contributed by atoms with Gasteiger partial charge in [-0.1, -0.05) is 38.5 Å². The van der Waals surface area contributed by atoms with Crippen molar-refractivity contribution < 1.29 is 0 Å². The fourth-order valence-corrected chi connectivity index (χ4v) is 3.26. The smallest absolute Gasteiger partial charge is 0.161 e.